The van der Waals surface area contributed by atoms with Crippen molar-refractivity contribution >= 4 is 27.6 Å². The molecule has 0 aromatic heterocycles. The summed E-state index contributed by atoms with van der Waals surface area (Å²) >= 11 is 3.24. The number of carbonyl (C=O) groups excluding carboxylic acids is 2. The van der Waals surface area contributed by atoms with E-state index in [1.165, 1.54) is 6.07 Å². The number of nitrogens with zero attached hydrogens (tertiary/aromatic N) is 1. The van der Waals surface area contributed by atoms with Crippen LogP contribution in [0.25, 0.3) is 0 Å². The average Bonchev–Trinajstić information content (AvgIpc) is 2.98. The van der Waals surface area contributed by atoms with Crippen LogP contribution in [0.2, 0.25) is 0 Å². The van der Waals surface area contributed by atoms with Crippen LogP contribution in [0.5, 0.6) is 0 Å². The van der Waals surface area contributed by atoms with Gasteiger partial charge in [-0.25, -0.2) is 4.39 Å². The summed E-state index contributed by atoms with van der Waals surface area (Å²) in [4.78, 5) is 27.8. The highest BCUT2D eigenvalue weighted by Gasteiger charge is 2.44. The number of carbonyl (C=O) groups is 2. The van der Waals surface area contributed by atoms with Gasteiger partial charge in [-0.15, -0.1) is 0 Å². The largest absolute Gasteiger partial charge is 0.380 e. The molecule has 1 N–H and O–H groups in total. The number of nitrogens with one attached hydrogen (secondary N) is 1. The molecule has 0 saturated heterocycles. The van der Waals surface area contributed by atoms with Gasteiger partial charge in [0.25, 0.3) is 5.91 Å². The Balaban J connectivity index is 1.75. The molecule has 5 nitrogen and oxygen atoms in total. The Morgan fingerprint density at radius 3 is 2.82 bits per heavy atom. The van der Waals surface area contributed by atoms with E-state index in [4.69, 9.17) is 4.74 Å². The molecule has 1 aliphatic carbocycles. The van der Waals surface area contributed by atoms with Gasteiger partial charge in [0.05, 0.1) is 23.2 Å². The Labute approximate surface area is 171 Å². The normalized spacial score (nSPS) is 21.8. The van der Waals surface area contributed by atoms with Gasteiger partial charge in [-0.3, -0.25) is 9.59 Å². The fourth-order valence-corrected chi connectivity index (χ4v) is 4.63. The first kappa shape index (κ1) is 19.3. The molecule has 4 rings (SSSR count). The Morgan fingerprint density at radius 2 is 2.07 bits per heavy atom. The fourth-order valence-electron chi connectivity index (χ4n) is 4.23. The molecular weight excluding hydrogens is 427 g/mol. The lowest BCUT2D eigenvalue weighted by molar-refractivity contribution is -0.126. The number of dihydropyridines is 1. The molecule has 28 heavy (non-hydrogen) atoms. The van der Waals surface area contributed by atoms with E-state index in [9.17, 15) is 14.0 Å². The topological polar surface area (TPSA) is 58.6 Å². The van der Waals surface area contributed by atoms with Crippen LogP contribution >= 0.6 is 15.9 Å². The number of halogens is 2. The molecule has 2 heterocycles. The van der Waals surface area contributed by atoms with Gasteiger partial charge in [0, 0.05) is 42.5 Å². The summed E-state index contributed by atoms with van der Waals surface area (Å²) in [5.74, 6) is -0.850. The maximum absolute atomic E-state index is 13.8. The molecule has 1 amide bonds. The van der Waals surface area contributed by atoms with Crippen LogP contribution in [0.15, 0.2) is 45.2 Å². The molecule has 1 aromatic carbocycles. The van der Waals surface area contributed by atoms with E-state index in [0.717, 1.165) is 29.8 Å². The van der Waals surface area contributed by atoms with Crippen LogP contribution in [0.3, 0.4) is 0 Å². The third-order valence-electron chi connectivity index (χ3n) is 5.51. The zero-order valence-corrected chi connectivity index (χ0v) is 17.3. The van der Waals surface area contributed by atoms with E-state index in [2.05, 4.69) is 21.2 Å². The number of benzene rings is 1. The van der Waals surface area contributed by atoms with Crippen LogP contribution in [-0.4, -0.2) is 42.9 Å². The predicted molar refractivity (Wildman–Crippen MR) is 106 cm³/mol. The summed E-state index contributed by atoms with van der Waals surface area (Å²) < 4.78 is 19.5. The SMILES string of the molecule is CCOCCN1CC2=C(C1=O)C(c1ccc(F)c(Br)c1)C1=C(CCCC1=O)N2. The predicted octanol–water partition coefficient (Wildman–Crippen LogP) is 3.41. The van der Waals surface area contributed by atoms with Crippen molar-refractivity contribution < 1.29 is 18.7 Å². The summed E-state index contributed by atoms with van der Waals surface area (Å²) in [6.45, 7) is 3.97. The van der Waals surface area contributed by atoms with Crippen molar-refractivity contribution in [1.82, 2.24) is 10.2 Å². The third-order valence-corrected chi connectivity index (χ3v) is 6.12. The van der Waals surface area contributed by atoms with E-state index in [-0.39, 0.29) is 17.5 Å². The van der Waals surface area contributed by atoms with Crippen molar-refractivity contribution in [3.63, 3.8) is 0 Å². The Hall–Kier alpha value is -1.99. The molecule has 2 aliphatic heterocycles. The minimum atomic E-state index is -0.458. The summed E-state index contributed by atoms with van der Waals surface area (Å²) in [6.07, 6.45) is 2.06. The second kappa shape index (κ2) is 7.79. The molecular formula is C21H22BrFN2O3. The minimum Gasteiger partial charge on any atom is -0.380 e. The van der Waals surface area contributed by atoms with Gasteiger partial charge < -0.3 is 15.0 Å². The Kier molecular flexibility index (Phi) is 5.38. The molecule has 148 valence electrons. The van der Waals surface area contributed by atoms with Crippen molar-refractivity contribution in [3.8, 4) is 0 Å². The molecule has 0 bridgehead atoms. The minimum absolute atomic E-state index is 0.0614. The summed E-state index contributed by atoms with van der Waals surface area (Å²) in [7, 11) is 0. The fraction of sp³-hybridized carbons (Fsp3) is 0.429. The van der Waals surface area contributed by atoms with Gasteiger partial charge in [-0.2, -0.15) is 0 Å². The number of allylic oxidation sites excluding steroid dienone is 2. The van der Waals surface area contributed by atoms with E-state index >= 15 is 0 Å². The quantitative estimate of drug-likeness (QED) is 0.701. The zero-order valence-electron chi connectivity index (χ0n) is 15.7. The molecule has 7 heteroatoms. The van der Waals surface area contributed by atoms with Crippen LogP contribution in [-0.2, 0) is 14.3 Å². The first-order chi connectivity index (χ1) is 13.5. The number of hydrogen-bond donors (Lipinski definition) is 1. The van der Waals surface area contributed by atoms with Crippen LogP contribution in [0.1, 0.15) is 37.7 Å². The number of Topliss-reactive ketones (excluding diaryl/α,β-unsaturated/α-hetero) is 1. The van der Waals surface area contributed by atoms with E-state index in [1.54, 1.807) is 17.0 Å². The monoisotopic (exact) mass is 448 g/mol. The summed E-state index contributed by atoms with van der Waals surface area (Å²) in [5, 5.41) is 3.37. The van der Waals surface area contributed by atoms with Crippen LogP contribution < -0.4 is 5.32 Å². The van der Waals surface area contributed by atoms with Crippen molar-refractivity contribution in [2.45, 2.75) is 32.1 Å². The van der Waals surface area contributed by atoms with Gasteiger partial charge in [0.15, 0.2) is 5.78 Å². The van der Waals surface area contributed by atoms with Crippen molar-refractivity contribution in [2.75, 3.05) is 26.3 Å². The maximum atomic E-state index is 13.8. The molecule has 3 aliphatic rings. The smallest absolute Gasteiger partial charge is 0.253 e. The molecule has 0 spiro atoms. The second-order valence-electron chi connectivity index (χ2n) is 7.22. The van der Waals surface area contributed by atoms with Crippen LogP contribution in [0, 0.1) is 5.82 Å². The molecule has 1 aromatic rings. The zero-order chi connectivity index (χ0) is 19.8. The molecule has 1 atom stereocenters. The maximum Gasteiger partial charge on any atom is 0.253 e. The lowest BCUT2D eigenvalue weighted by atomic mass is 9.75. The summed E-state index contributed by atoms with van der Waals surface area (Å²) in [6, 6.07) is 4.73. The first-order valence-corrected chi connectivity index (χ1v) is 10.4. The van der Waals surface area contributed by atoms with Gasteiger partial charge in [-0.1, -0.05) is 6.07 Å². The number of hydrogen-bond acceptors (Lipinski definition) is 4. The molecule has 0 saturated carbocycles. The van der Waals surface area contributed by atoms with Crippen molar-refractivity contribution in [3.05, 3.63) is 56.6 Å². The Morgan fingerprint density at radius 1 is 1.25 bits per heavy atom. The number of rotatable bonds is 5. The standard InChI is InChI=1S/C21H22BrFN2O3/c1-2-28-9-8-25-11-16-20(21(25)27)18(12-6-7-14(23)13(22)10-12)19-15(24-16)4-3-5-17(19)26/h6-7,10,18,24H,2-5,8-9,11H2,1H3. The average molecular weight is 449 g/mol. The highest BCUT2D eigenvalue weighted by molar-refractivity contribution is 9.10. The van der Waals surface area contributed by atoms with Crippen molar-refractivity contribution in [2.24, 2.45) is 0 Å². The van der Waals surface area contributed by atoms with Gasteiger partial charge in [0.1, 0.15) is 5.82 Å². The number of ketones is 1. The second-order valence-corrected chi connectivity index (χ2v) is 8.07. The number of amides is 1. The van der Waals surface area contributed by atoms with Gasteiger partial charge >= 0.3 is 0 Å². The third kappa shape index (κ3) is 3.31. The molecule has 0 radical (unpaired) electrons. The Bertz CT molecular complexity index is 909. The van der Waals surface area contributed by atoms with Gasteiger partial charge in [0.2, 0.25) is 0 Å². The highest BCUT2D eigenvalue weighted by Crippen LogP contribution is 2.45. The van der Waals surface area contributed by atoms with Crippen molar-refractivity contribution in [1.29, 1.82) is 0 Å². The summed E-state index contributed by atoms with van der Waals surface area (Å²) in [5.41, 5.74) is 3.76. The molecule has 0 fully saturated rings. The molecule has 1 unspecified atom stereocenters. The lowest BCUT2D eigenvalue weighted by Crippen LogP contribution is -2.33. The lowest BCUT2D eigenvalue weighted by Gasteiger charge is -2.32. The van der Waals surface area contributed by atoms with Crippen LogP contribution in [0.4, 0.5) is 4.39 Å². The van der Waals surface area contributed by atoms with E-state index < -0.39 is 5.92 Å². The van der Waals surface area contributed by atoms with Gasteiger partial charge in [-0.05, 0) is 53.4 Å². The number of ether oxygens (including phenoxy) is 1. The van der Waals surface area contributed by atoms with E-state index in [0.29, 0.717) is 48.3 Å². The van der Waals surface area contributed by atoms with E-state index in [1.807, 2.05) is 6.92 Å². The highest BCUT2D eigenvalue weighted by atomic mass is 79.9. The first-order valence-electron chi connectivity index (χ1n) is 9.59.